The Morgan fingerprint density at radius 1 is 1.20 bits per heavy atom. The number of carbonyl (C=O) groups is 1. The van der Waals surface area contributed by atoms with Gasteiger partial charge in [-0.25, -0.2) is 13.1 Å². The summed E-state index contributed by atoms with van der Waals surface area (Å²) in [5.41, 5.74) is 1.80. The number of benzene rings is 1. The molecule has 132 valence electrons. The van der Waals surface area contributed by atoms with Gasteiger partial charge in [-0.3, -0.25) is 9.78 Å². The van der Waals surface area contributed by atoms with Crippen LogP contribution in [0.1, 0.15) is 29.6 Å². The molecule has 0 unspecified atom stereocenters. The third-order valence-electron chi connectivity index (χ3n) is 4.35. The molecule has 2 aromatic rings. The van der Waals surface area contributed by atoms with E-state index in [1.807, 2.05) is 24.3 Å². The van der Waals surface area contributed by atoms with Crippen molar-refractivity contribution in [3.63, 3.8) is 0 Å². The Bertz CT molecular complexity index is 859. The Kier molecular flexibility index (Phi) is 5.03. The van der Waals surface area contributed by atoms with Crippen molar-refractivity contribution >= 4 is 15.9 Å². The highest BCUT2D eigenvalue weighted by atomic mass is 32.2. The second-order valence-corrected chi connectivity index (χ2v) is 7.97. The van der Waals surface area contributed by atoms with Crippen LogP contribution in [0, 0.1) is 5.92 Å². The van der Waals surface area contributed by atoms with Crippen molar-refractivity contribution in [1.29, 1.82) is 0 Å². The molecule has 0 aliphatic heterocycles. The molecule has 1 heterocycles. The highest BCUT2D eigenvalue weighted by Crippen LogP contribution is 2.27. The number of amides is 1. The normalized spacial score (nSPS) is 14.6. The zero-order chi connectivity index (χ0) is 17.9. The van der Waals surface area contributed by atoms with Crippen molar-refractivity contribution in [2.45, 2.75) is 19.3 Å². The molecule has 7 heteroatoms. The number of nitrogens with one attached hydrogen (secondary N) is 1. The predicted molar refractivity (Wildman–Crippen MR) is 94.8 cm³/mol. The number of hydrogen-bond donors (Lipinski definition) is 1. The van der Waals surface area contributed by atoms with Gasteiger partial charge in [-0.2, -0.15) is 0 Å². The molecule has 0 saturated heterocycles. The summed E-state index contributed by atoms with van der Waals surface area (Å²) in [6.45, 7) is 0. The van der Waals surface area contributed by atoms with Gasteiger partial charge >= 0.3 is 0 Å². The lowest BCUT2D eigenvalue weighted by Gasteiger charge is -2.24. The molecule has 1 aliphatic rings. The minimum atomic E-state index is -3.62. The summed E-state index contributed by atoms with van der Waals surface area (Å²) in [5, 5.41) is 0. The third kappa shape index (κ3) is 4.36. The number of methoxy groups -OCH3 is 1. The average molecular weight is 360 g/mol. The Balaban J connectivity index is 1.74. The number of aromatic nitrogens is 1. The largest absolute Gasteiger partial charge is 0.497 e. The molecule has 1 aliphatic carbocycles. The number of hydrogen-bond acceptors (Lipinski definition) is 5. The van der Waals surface area contributed by atoms with Gasteiger partial charge in [-0.15, -0.1) is 0 Å². The van der Waals surface area contributed by atoms with Crippen LogP contribution >= 0.6 is 0 Å². The van der Waals surface area contributed by atoms with E-state index >= 15 is 0 Å². The maximum absolute atomic E-state index is 12.3. The maximum Gasteiger partial charge on any atom is 0.266 e. The van der Waals surface area contributed by atoms with E-state index in [9.17, 15) is 13.2 Å². The Hall–Kier alpha value is -2.41. The molecule has 0 bridgehead atoms. The molecule has 1 N–H and O–H groups in total. The van der Waals surface area contributed by atoms with Gasteiger partial charge in [-0.1, -0.05) is 18.6 Å². The molecule has 6 nitrogen and oxygen atoms in total. The fourth-order valence-electron chi connectivity index (χ4n) is 2.72. The minimum absolute atomic E-state index is 0.00430. The van der Waals surface area contributed by atoms with Crippen LogP contribution in [-0.2, 0) is 10.0 Å². The summed E-state index contributed by atoms with van der Waals surface area (Å²) in [5.74, 6) is 0.244. The maximum atomic E-state index is 12.3. The summed E-state index contributed by atoms with van der Waals surface area (Å²) in [6, 6.07) is 8.95. The van der Waals surface area contributed by atoms with Gasteiger partial charge < -0.3 is 4.74 Å². The summed E-state index contributed by atoms with van der Waals surface area (Å²) < 4.78 is 31.4. The van der Waals surface area contributed by atoms with Crippen LogP contribution in [0.4, 0.5) is 0 Å². The number of pyridine rings is 1. The van der Waals surface area contributed by atoms with Gasteiger partial charge in [0.15, 0.2) is 0 Å². The van der Waals surface area contributed by atoms with E-state index in [4.69, 9.17) is 4.74 Å². The van der Waals surface area contributed by atoms with Crippen LogP contribution in [-0.4, -0.2) is 32.2 Å². The topological polar surface area (TPSA) is 85.4 Å². The van der Waals surface area contributed by atoms with Gasteiger partial charge in [0, 0.05) is 18.0 Å². The Morgan fingerprint density at radius 2 is 1.92 bits per heavy atom. The molecule has 25 heavy (non-hydrogen) atoms. The van der Waals surface area contributed by atoms with Gasteiger partial charge in [0.25, 0.3) is 5.91 Å². The predicted octanol–water partition coefficient (Wildman–Crippen LogP) is 2.62. The summed E-state index contributed by atoms with van der Waals surface area (Å²) in [4.78, 5) is 16.3. The van der Waals surface area contributed by atoms with Crippen molar-refractivity contribution in [1.82, 2.24) is 9.71 Å². The van der Waals surface area contributed by atoms with Gasteiger partial charge in [0.2, 0.25) is 10.0 Å². The van der Waals surface area contributed by atoms with E-state index in [-0.39, 0.29) is 17.2 Å². The van der Waals surface area contributed by atoms with Crippen molar-refractivity contribution in [3.05, 3.63) is 48.3 Å². The lowest BCUT2D eigenvalue weighted by Crippen LogP contribution is -2.36. The monoisotopic (exact) mass is 360 g/mol. The lowest BCUT2D eigenvalue weighted by molar-refractivity contribution is 0.0981. The second kappa shape index (κ2) is 7.23. The number of ether oxygens (including phenoxy) is 1. The first-order valence-electron chi connectivity index (χ1n) is 8.11. The number of nitrogens with zero attached hydrogens (tertiary/aromatic N) is 1. The Morgan fingerprint density at radius 3 is 2.52 bits per heavy atom. The number of rotatable bonds is 6. The third-order valence-corrected chi connectivity index (χ3v) is 5.76. The summed E-state index contributed by atoms with van der Waals surface area (Å²) in [6.07, 6.45) is 5.86. The fourth-order valence-corrected chi connectivity index (χ4v) is 4.15. The minimum Gasteiger partial charge on any atom is -0.497 e. The SMILES string of the molecule is COc1ccc(-c2cncc(C(=O)NS(=O)(=O)CC3CCC3)c2)cc1. The summed E-state index contributed by atoms with van der Waals surface area (Å²) >= 11 is 0. The van der Waals surface area contributed by atoms with Gasteiger partial charge in [0.1, 0.15) is 5.75 Å². The first-order chi connectivity index (χ1) is 12.0. The second-order valence-electron chi connectivity index (χ2n) is 6.20. The number of carbonyl (C=O) groups excluding carboxylic acids is 1. The lowest BCUT2D eigenvalue weighted by atomic mass is 9.87. The molecule has 0 radical (unpaired) electrons. The Labute approximate surface area is 147 Å². The molecule has 1 aromatic heterocycles. The molecule has 0 atom stereocenters. The zero-order valence-corrected chi connectivity index (χ0v) is 14.8. The van der Waals surface area contributed by atoms with E-state index < -0.39 is 15.9 Å². The van der Waals surface area contributed by atoms with E-state index in [0.717, 1.165) is 36.1 Å². The van der Waals surface area contributed by atoms with Crippen LogP contribution in [0.15, 0.2) is 42.7 Å². The van der Waals surface area contributed by atoms with Crippen LogP contribution in [0.25, 0.3) is 11.1 Å². The van der Waals surface area contributed by atoms with Crippen molar-refractivity contribution < 1.29 is 17.9 Å². The van der Waals surface area contributed by atoms with E-state index in [1.54, 1.807) is 19.4 Å². The molecule has 1 fully saturated rings. The standard InChI is InChI=1S/C18H20N2O4S/c1-24-17-7-5-14(6-8-17)15-9-16(11-19-10-15)18(21)20-25(22,23)12-13-3-2-4-13/h5-11,13H,2-4,12H2,1H3,(H,20,21). The summed E-state index contributed by atoms with van der Waals surface area (Å²) in [7, 11) is -2.03. The molecule has 3 rings (SSSR count). The van der Waals surface area contributed by atoms with Crippen LogP contribution in [0.2, 0.25) is 0 Å². The van der Waals surface area contributed by atoms with E-state index in [1.165, 1.54) is 6.20 Å². The molecular formula is C18H20N2O4S. The molecule has 1 amide bonds. The highest BCUT2D eigenvalue weighted by Gasteiger charge is 2.26. The molecular weight excluding hydrogens is 340 g/mol. The van der Waals surface area contributed by atoms with Crippen LogP contribution < -0.4 is 9.46 Å². The number of sulfonamides is 1. The fraction of sp³-hybridized carbons (Fsp3) is 0.333. The van der Waals surface area contributed by atoms with Crippen molar-refractivity contribution in [2.24, 2.45) is 5.92 Å². The van der Waals surface area contributed by atoms with Crippen molar-refractivity contribution in [3.8, 4) is 16.9 Å². The molecule has 1 saturated carbocycles. The smallest absolute Gasteiger partial charge is 0.266 e. The zero-order valence-electron chi connectivity index (χ0n) is 13.9. The van der Waals surface area contributed by atoms with Crippen LogP contribution in [0.3, 0.4) is 0 Å². The first kappa shape index (κ1) is 17.4. The quantitative estimate of drug-likeness (QED) is 0.856. The van der Waals surface area contributed by atoms with Crippen molar-refractivity contribution in [2.75, 3.05) is 12.9 Å². The first-order valence-corrected chi connectivity index (χ1v) is 9.76. The average Bonchev–Trinajstić information content (AvgIpc) is 2.58. The van der Waals surface area contributed by atoms with Crippen LogP contribution in [0.5, 0.6) is 5.75 Å². The highest BCUT2D eigenvalue weighted by molar-refractivity contribution is 7.90. The molecule has 0 spiro atoms. The van der Waals surface area contributed by atoms with Gasteiger partial charge in [0.05, 0.1) is 18.4 Å². The van der Waals surface area contributed by atoms with Gasteiger partial charge in [-0.05, 0) is 42.5 Å². The molecule has 1 aromatic carbocycles. The van der Waals surface area contributed by atoms with E-state index in [0.29, 0.717) is 0 Å². The van der Waals surface area contributed by atoms with E-state index in [2.05, 4.69) is 9.71 Å².